The number of phenolic OH excluding ortho intramolecular Hbond substituents is 1. The maximum Gasteiger partial charge on any atom is 0.220 e. The van der Waals surface area contributed by atoms with E-state index in [2.05, 4.69) is 10.3 Å². The van der Waals surface area contributed by atoms with E-state index in [9.17, 15) is 9.90 Å². The van der Waals surface area contributed by atoms with Crippen molar-refractivity contribution in [3.05, 3.63) is 53.7 Å². The van der Waals surface area contributed by atoms with Crippen molar-refractivity contribution in [1.82, 2.24) is 10.3 Å². The molecule has 0 saturated heterocycles. The highest BCUT2D eigenvalue weighted by Crippen LogP contribution is 2.28. The summed E-state index contributed by atoms with van der Waals surface area (Å²) < 4.78 is 10.5. The molecule has 0 spiro atoms. The molecule has 3 aromatic rings. The first-order chi connectivity index (χ1) is 13.1. The van der Waals surface area contributed by atoms with E-state index in [0.29, 0.717) is 30.9 Å². The molecule has 142 valence electrons. The van der Waals surface area contributed by atoms with Gasteiger partial charge in [-0.2, -0.15) is 0 Å². The molecule has 27 heavy (non-hydrogen) atoms. The van der Waals surface area contributed by atoms with Gasteiger partial charge in [0.15, 0.2) is 11.5 Å². The Balaban J connectivity index is 1.48. The minimum absolute atomic E-state index is 0.0160. The fourth-order valence-electron chi connectivity index (χ4n) is 3.10. The molecular formula is C21H24N2O4. The number of phenols is 1. The van der Waals surface area contributed by atoms with E-state index in [-0.39, 0.29) is 11.7 Å². The predicted octanol–water partition coefficient (Wildman–Crippen LogP) is 3.18. The van der Waals surface area contributed by atoms with Gasteiger partial charge in [0.25, 0.3) is 0 Å². The normalized spacial score (nSPS) is 10.7. The number of aromatic hydroxyl groups is 1. The van der Waals surface area contributed by atoms with Crippen molar-refractivity contribution in [3.63, 3.8) is 0 Å². The number of carbonyl (C=O) groups excluding carboxylic acids is 1. The smallest absolute Gasteiger partial charge is 0.220 e. The molecule has 0 saturated carbocycles. The average Bonchev–Trinajstić information content (AvgIpc) is 3.08. The SMILES string of the molecule is COc1ccc(CCC(=O)NCCc2c[nH]c3cc(O)ccc23)cc1OC. The summed E-state index contributed by atoms with van der Waals surface area (Å²) in [5.74, 6) is 1.60. The van der Waals surface area contributed by atoms with Crippen LogP contribution in [0.15, 0.2) is 42.6 Å². The van der Waals surface area contributed by atoms with Crippen LogP contribution in [0.3, 0.4) is 0 Å². The van der Waals surface area contributed by atoms with Gasteiger partial charge in [-0.05, 0) is 48.2 Å². The number of benzene rings is 2. The van der Waals surface area contributed by atoms with E-state index in [0.717, 1.165) is 28.5 Å². The number of fused-ring (bicyclic) bond motifs is 1. The fourth-order valence-corrected chi connectivity index (χ4v) is 3.10. The van der Waals surface area contributed by atoms with Crippen molar-refractivity contribution in [2.45, 2.75) is 19.3 Å². The van der Waals surface area contributed by atoms with Crippen LogP contribution < -0.4 is 14.8 Å². The largest absolute Gasteiger partial charge is 0.508 e. The van der Waals surface area contributed by atoms with Gasteiger partial charge < -0.3 is 24.9 Å². The molecule has 2 aromatic carbocycles. The summed E-state index contributed by atoms with van der Waals surface area (Å²) in [7, 11) is 3.20. The Labute approximate surface area is 158 Å². The lowest BCUT2D eigenvalue weighted by molar-refractivity contribution is -0.121. The molecule has 1 amide bonds. The van der Waals surface area contributed by atoms with E-state index in [1.165, 1.54) is 0 Å². The van der Waals surface area contributed by atoms with Gasteiger partial charge in [0.2, 0.25) is 5.91 Å². The van der Waals surface area contributed by atoms with Crippen LogP contribution in [0.25, 0.3) is 10.9 Å². The van der Waals surface area contributed by atoms with Gasteiger partial charge >= 0.3 is 0 Å². The summed E-state index contributed by atoms with van der Waals surface area (Å²) >= 11 is 0. The number of rotatable bonds is 8. The number of aryl methyl sites for hydroxylation is 1. The summed E-state index contributed by atoms with van der Waals surface area (Å²) in [6.07, 6.45) is 3.70. The van der Waals surface area contributed by atoms with E-state index in [4.69, 9.17) is 9.47 Å². The molecule has 0 aliphatic carbocycles. The second-order valence-corrected chi connectivity index (χ2v) is 6.33. The Morgan fingerprint density at radius 3 is 2.67 bits per heavy atom. The second-order valence-electron chi connectivity index (χ2n) is 6.33. The molecule has 6 nitrogen and oxygen atoms in total. The summed E-state index contributed by atoms with van der Waals surface area (Å²) in [4.78, 5) is 15.3. The van der Waals surface area contributed by atoms with Gasteiger partial charge in [-0.15, -0.1) is 0 Å². The first kappa shape index (κ1) is 18.6. The molecule has 0 radical (unpaired) electrons. The second kappa shape index (κ2) is 8.49. The number of carbonyl (C=O) groups is 1. The zero-order valence-electron chi connectivity index (χ0n) is 15.5. The lowest BCUT2D eigenvalue weighted by Crippen LogP contribution is -2.25. The Morgan fingerprint density at radius 1 is 1.07 bits per heavy atom. The molecule has 0 aliphatic heterocycles. The zero-order chi connectivity index (χ0) is 19.2. The average molecular weight is 368 g/mol. The zero-order valence-corrected chi connectivity index (χ0v) is 15.5. The van der Waals surface area contributed by atoms with E-state index in [1.807, 2.05) is 30.5 Å². The third kappa shape index (κ3) is 4.53. The van der Waals surface area contributed by atoms with Crippen LogP contribution in [-0.4, -0.2) is 36.8 Å². The number of aromatic amines is 1. The van der Waals surface area contributed by atoms with Crippen LogP contribution in [-0.2, 0) is 17.6 Å². The van der Waals surface area contributed by atoms with Crippen LogP contribution in [0.4, 0.5) is 0 Å². The molecule has 1 heterocycles. The maximum atomic E-state index is 12.1. The third-order valence-electron chi connectivity index (χ3n) is 4.56. The Bertz CT molecular complexity index is 933. The van der Waals surface area contributed by atoms with Crippen LogP contribution in [0.2, 0.25) is 0 Å². The number of amides is 1. The van der Waals surface area contributed by atoms with Gasteiger partial charge in [-0.3, -0.25) is 4.79 Å². The molecule has 3 N–H and O–H groups in total. The number of H-pyrrole nitrogens is 1. The number of hydrogen-bond acceptors (Lipinski definition) is 4. The summed E-state index contributed by atoms with van der Waals surface area (Å²) in [6, 6.07) is 10.9. The molecule has 6 heteroatoms. The maximum absolute atomic E-state index is 12.1. The fraction of sp³-hybridized carbons (Fsp3) is 0.286. The van der Waals surface area contributed by atoms with E-state index in [1.54, 1.807) is 26.4 Å². The van der Waals surface area contributed by atoms with Crippen molar-refractivity contribution in [3.8, 4) is 17.2 Å². The van der Waals surface area contributed by atoms with Gasteiger partial charge in [0.1, 0.15) is 5.75 Å². The standard InChI is InChI=1S/C21H24N2O4/c1-26-19-7-3-14(11-20(19)27-2)4-8-21(25)22-10-9-15-13-23-18-12-16(24)5-6-17(15)18/h3,5-7,11-13,23-24H,4,8-10H2,1-2H3,(H,22,25). The Kier molecular flexibility index (Phi) is 5.86. The van der Waals surface area contributed by atoms with Gasteiger partial charge in [-0.25, -0.2) is 0 Å². The van der Waals surface area contributed by atoms with Crippen molar-refractivity contribution in [2.24, 2.45) is 0 Å². The number of hydrogen-bond donors (Lipinski definition) is 3. The van der Waals surface area contributed by atoms with Crippen LogP contribution in [0, 0.1) is 0 Å². The highest BCUT2D eigenvalue weighted by atomic mass is 16.5. The molecule has 0 bridgehead atoms. The number of aromatic nitrogens is 1. The topological polar surface area (TPSA) is 83.6 Å². The Morgan fingerprint density at radius 2 is 1.89 bits per heavy atom. The van der Waals surface area contributed by atoms with Crippen LogP contribution in [0.5, 0.6) is 17.2 Å². The van der Waals surface area contributed by atoms with E-state index >= 15 is 0 Å². The number of nitrogens with one attached hydrogen (secondary N) is 2. The molecule has 0 atom stereocenters. The summed E-state index contributed by atoms with van der Waals surface area (Å²) in [5.41, 5.74) is 3.04. The lowest BCUT2D eigenvalue weighted by atomic mass is 10.1. The van der Waals surface area contributed by atoms with Crippen molar-refractivity contribution < 1.29 is 19.4 Å². The van der Waals surface area contributed by atoms with Crippen LogP contribution in [0.1, 0.15) is 17.5 Å². The summed E-state index contributed by atoms with van der Waals surface area (Å²) in [6.45, 7) is 0.568. The quantitative estimate of drug-likeness (QED) is 0.570. The van der Waals surface area contributed by atoms with Crippen molar-refractivity contribution in [1.29, 1.82) is 0 Å². The minimum Gasteiger partial charge on any atom is -0.508 e. The third-order valence-corrected chi connectivity index (χ3v) is 4.56. The summed E-state index contributed by atoms with van der Waals surface area (Å²) in [5, 5.41) is 13.5. The van der Waals surface area contributed by atoms with Crippen molar-refractivity contribution >= 4 is 16.8 Å². The predicted molar refractivity (Wildman–Crippen MR) is 105 cm³/mol. The monoisotopic (exact) mass is 368 g/mol. The first-order valence-electron chi connectivity index (χ1n) is 8.87. The molecule has 3 rings (SSSR count). The molecule has 0 aliphatic rings. The van der Waals surface area contributed by atoms with E-state index < -0.39 is 0 Å². The number of methoxy groups -OCH3 is 2. The minimum atomic E-state index is 0.0160. The van der Waals surface area contributed by atoms with Crippen LogP contribution >= 0.6 is 0 Å². The molecule has 0 unspecified atom stereocenters. The highest BCUT2D eigenvalue weighted by molar-refractivity contribution is 5.84. The van der Waals surface area contributed by atoms with Gasteiger partial charge in [-0.1, -0.05) is 6.07 Å². The molecular weight excluding hydrogens is 344 g/mol. The first-order valence-corrected chi connectivity index (χ1v) is 8.87. The molecule has 0 fully saturated rings. The molecule has 1 aromatic heterocycles. The Hall–Kier alpha value is -3.15. The van der Waals surface area contributed by atoms with Gasteiger partial charge in [0.05, 0.1) is 14.2 Å². The number of ether oxygens (including phenoxy) is 2. The lowest BCUT2D eigenvalue weighted by Gasteiger charge is -2.09. The highest BCUT2D eigenvalue weighted by Gasteiger charge is 2.08. The van der Waals surface area contributed by atoms with Crippen molar-refractivity contribution in [2.75, 3.05) is 20.8 Å². The van der Waals surface area contributed by atoms with Gasteiger partial charge in [0, 0.05) is 36.1 Å².